The van der Waals surface area contributed by atoms with E-state index in [4.69, 9.17) is 27.9 Å². The number of anilines is 1. The molecule has 0 bridgehead atoms. The van der Waals surface area contributed by atoms with E-state index in [1.165, 1.54) is 12.2 Å². The van der Waals surface area contributed by atoms with Crippen LogP contribution in [0.3, 0.4) is 0 Å². The highest BCUT2D eigenvalue weighted by atomic mass is 35.5. The Morgan fingerprint density at radius 3 is 2.62 bits per heavy atom. The lowest BCUT2D eigenvalue weighted by atomic mass is 10.2. The van der Waals surface area contributed by atoms with Gasteiger partial charge in [0.05, 0.1) is 12.3 Å². The summed E-state index contributed by atoms with van der Waals surface area (Å²) in [5.74, 6) is -0.860. The van der Waals surface area contributed by atoms with E-state index < -0.39 is 11.9 Å². The van der Waals surface area contributed by atoms with Crippen molar-refractivity contribution in [2.75, 3.05) is 11.9 Å². The van der Waals surface area contributed by atoms with Crippen molar-refractivity contribution in [3.8, 4) is 0 Å². The minimum Gasteiger partial charge on any atom is -0.462 e. The summed E-state index contributed by atoms with van der Waals surface area (Å²) in [6, 6.07) is 5.08. The molecule has 1 amide bonds. The maximum atomic E-state index is 12.0. The van der Waals surface area contributed by atoms with E-state index in [-0.39, 0.29) is 6.61 Å². The predicted octanol–water partition coefficient (Wildman–Crippen LogP) is 4.59. The first kappa shape index (κ1) is 18.4. The van der Waals surface area contributed by atoms with Crippen LogP contribution in [0.15, 0.2) is 24.3 Å². The van der Waals surface area contributed by atoms with Crippen LogP contribution in [0.4, 0.5) is 5.13 Å². The first-order valence-corrected chi connectivity index (χ1v) is 8.57. The minimum atomic E-state index is -0.452. The average molecular weight is 385 g/mol. The Morgan fingerprint density at radius 1 is 1.33 bits per heavy atom. The summed E-state index contributed by atoms with van der Waals surface area (Å²) in [5, 5.41) is 3.80. The summed E-state index contributed by atoms with van der Waals surface area (Å²) < 4.78 is 4.93. The summed E-state index contributed by atoms with van der Waals surface area (Å²) >= 11 is 13.1. The van der Waals surface area contributed by atoms with Crippen LogP contribution in [-0.2, 0) is 9.53 Å². The lowest BCUT2D eigenvalue weighted by molar-refractivity contribution is -0.111. The number of nitrogens with one attached hydrogen (secondary N) is 1. The van der Waals surface area contributed by atoms with Crippen LogP contribution in [0.1, 0.15) is 27.9 Å². The number of nitrogens with zero attached hydrogens (tertiary/aromatic N) is 1. The van der Waals surface area contributed by atoms with Crippen LogP contribution in [0.5, 0.6) is 0 Å². The Kier molecular flexibility index (Phi) is 6.36. The second kappa shape index (κ2) is 8.28. The molecule has 0 aliphatic heterocycles. The number of esters is 1. The SMILES string of the molecule is CCOC(=O)c1sc(NC(=O)/C=C/c2c(Cl)cccc2Cl)nc1C. The molecule has 1 heterocycles. The van der Waals surface area contributed by atoms with Crippen molar-refractivity contribution in [1.82, 2.24) is 4.98 Å². The summed E-state index contributed by atoms with van der Waals surface area (Å²) in [6.07, 6.45) is 2.82. The Bertz CT molecular complexity index is 782. The lowest BCUT2D eigenvalue weighted by Crippen LogP contribution is -2.07. The molecule has 0 spiro atoms. The number of thiazole rings is 1. The number of amides is 1. The number of rotatable bonds is 5. The van der Waals surface area contributed by atoms with Crippen LogP contribution in [0, 0.1) is 6.92 Å². The van der Waals surface area contributed by atoms with Gasteiger partial charge in [0.2, 0.25) is 5.91 Å². The number of carbonyl (C=O) groups excluding carboxylic acids is 2. The number of ether oxygens (including phenoxy) is 1. The van der Waals surface area contributed by atoms with Crippen molar-refractivity contribution >= 4 is 57.6 Å². The quantitative estimate of drug-likeness (QED) is 0.604. The summed E-state index contributed by atoms with van der Waals surface area (Å²) in [7, 11) is 0. The van der Waals surface area contributed by atoms with Gasteiger partial charge in [-0.05, 0) is 32.1 Å². The molecule has 1 N–H and O–H groups in total. The highest BCUT2D eigenvalue weighted by molar-refractivity contribution is 7.17. The molecule has 2 aromatic rings. The number of benzene rings is 1. The molecule has 0 fully saturated rings. The highest BCUT2D eigenvalue weighted by Gasteiger charge is 2.17. The molecule has 24 heavy (non-hydrogen) atoms. The fourth-order valence-electron chi connectivity index (χ4n) is 1.81. The Labute approximate surface area is 153 Å². The van der Waals surface area contributed by atoms with Crippen molar-refractivity contribution < 1.29 is 14.3 Å². The Morgan fingerprint density at radius 2 is 2.00 bits per heavy atom. The molecule has 0 aliphatic carbocycles. The molecule has 0 saturated heterocycles. The molecule has 5 nitrogen and oxygen atoms in total. The van der Waals surface area contributed by atoms with Gasteiger partial charge >= 0.3 is 5.97 Å². The number of aromatic nitrogens is 1. The summed E-state index contributed by atoms with van der Waals surface area (Å²) in [6.45, 7) is 3.68. The van der Waals surface area contributed by atoms with Crippen LogP contribution in [0.2, 0.25) is 10.0 Å². The van der Waals surface area contributed by atoms with E-state index in [1.807, 2.05) is 0 Å². The third-order valence-corrected chi connectivity index (χ3v) is 4.60. The molecule has 1 aromatic heterocycles. The molecule has 0 atom stereocenters. The largest absolute Gasteiger partial charge is 0.462 e. The molecule has 8 heteroatoms. The first-order chi connectivity index (χ1) is 11.4. The Hall–Kier alpha value is -1.89. The number of hydrogen-bond donors (Lipinski definition) is 1. The van der Waals surface area contributed by atoms with E-state index in [9.17, 15) is 9.59 Å². The number of halogens is 2. The lowest BCUT2D eigenvalue weighted by Gasteiger charge is -2.01. The molecule has 0 radical (unpaired) electrons. The van der Waals surface area contributed by atoms with Crippen LogP contribution in [0.25, 0.3) is 6.08 Å². The topological polar surface area (TPSA) is 68.3 Å². The normalized spacial score (nSPS) is 10.8. The van der Waals surface area contributed by atoms with Crippen molar-refractivity contribution in [2.24, 2.45) is 0 Å². The standard InChI is InChI=1S/C16H14Cl2N2O3S/c1-3-23-15(22)14-9(2)19-16(24-14)20-13(21)8-7-10-11(17)5-4-6-12(10)18/h4-8H,3H2,1-2H3,(H,19,20,21)/b8-7+. The van der Waals surface area contributed by atoms with Gasteiger partial charge in [-0.25, -0.2) is 9.78 Å². The van der Waals surface area contributed by atoms with Gasteiger partial charge < -0.3 is 4.74 Å². The van der Waals surface area contributed by atoms with Gasteiger partial charge in [0.25, 0.3) is 0 Å². The summed E-state index contributed by atoms with van der Waals surface area (Å²) in [5.41, 5.74) is 1.06. The van der Waals surface area contributed by atoms with E-state index in [0.717, 1.165) is 11.3 Å². The van der Waals surface area contributed by atoms with Crippen molar-refractivity contribution in [3.05, 3.63) is 50.5 Å². The zero-order valence-corrected chi connectivity index (χ0v) is 15.3. The molecule has 126 valence electrons. The van der Waals surface area contributed by atoms with Gasteiger partial charge in [0, 0.05) is 21.7 Å². The fraction of sp³-hybridized carbons (Fsp3) is 0.188. The van der Waals surface area contributed by atoms with Gasteiger partial charge in [-0.3, -0.25) is 10.1 Å². The number of carbonyl (C=O) groups is 2. The predicted molar refractivity (Wildman–Crippen MR) is 96.9 cm³/mol. The van der Waals surface area contributed by atoms with Crippen LogP contribution < -0.4 is 5.32 Å². The number of aryl methyl sites for hydroxylation is 1. The highest BCUT2D eigenvalue weighted by Crippen LogP contribution is 2.26. The van der Waals surface area contributed by atoms with Crippen molar-refractivity contribution in [2.45, 2.75) is 13.8 Å². The zero-order chi connectivity index (χ0) is 17.7. The van der Waals surface area contributed by atoms with Gasteiger partial charge in [-0.2, -0.15) is 0 Å². The van der Waals surface area contributed by atoms with Crippen LogP contribution >= 0.6 is 34.5 Å². The number of hydrogen-bond acceptors (Lipinski definition) is 5. The monoisotopic (exact) mass is 384 g/mol. The minimum absolute atomic E-state index is 0.277. The smallest absolute Gasteiger partial charge is 0.350 e. The van der Waals surface area contributed by atoms with Gasteiger partial charge in [0.1, 0.15) is 4.88 Å². The fourth-order valence-corrected chi connectivity index (χ4v) is 3.20. The summed E-state index contributed by atoms with van der Waals surface area (Å²) in [4.78, 5) is 28.2. The van der Waals surface area contributed by atoms with E-state index in [0.29, 0.717) is 31.3 Å². The molecule has 0 unspecified atom stereocenters. The Balaban J connectivity index is 2.09. The molecule has 1 aromatic carbocycles. The van der Waals surface area contributed by atoms with Crippen LogP contribution in [-0.4, -0.2) is 23.5 Å². The van der Waals surface area contributed by atoms with Gasteiger partial charge in [-0.15, -0.1) is 0 Å². The molecule has 0 aliphatic rings. The van der Waals surface area contributed by atoms with Gasteiger partial charge in [-0.1, -0.05) is 40.6 Å². The third kappa shape index (κ3) is 4.56. The maximum Gasteiger partial charge on any atom is 0.350 e. The molecule has 0 saturated carbocycles. The maximum absolute atomic E-state index is 12.0. The zero-order valence-electron chi connectivity index (χ0n) is 12.9. The average Bonchev–Trinajstić information content (AvgIpc) is 2.87. The molecular formula is C16H14Cl2N2O3S. The van der Waals surface area contributed by atoms with Crippen molar-refractivity contribution in [3.63, 3.8) is 0 Å². The second-order valence-electron chi connectivity index (χ2n) is 4.61. The molecule has 2 rings (SSSR count). The van der Waals surface area contributed by atoms with E-state index >= 15 is 0 Å². The third-order valence-electron chi connectivity index (χ3n) is 2.89. The molecular weight excluding hydrogens is 371 g/mol. The second-order valence-corrected chi connectivity index (χ2v) is 6.43. The van der Waals surface area contributed by atoms with Crippen molar-refractivity contribution in [1.29, 1.82) is 0 Å². The van der Waals surface area contributed by atoms with Gasteiger partial charge in [0.15, 0.2) is 5.13 Å². The first-order valence-electron chi connectivity index (χ1n) is 7.00. The van der Waals surface area contributed by atoms with E-state index in [1.54, 1.807) is 32.0 Å². The van der Waals surface area contributed by atoms with E-state index in [2.05, 4.69) is 10.3 Å².